The first-order valence-corrected chi connectivity index (χ1v) is 3.73. The maximum Gasteiger partial charge on any atom is 1.00 e. The maximum absolute atomic E-state index is 10.1. The van der Waals surface area contributed by atoms with Crippen molar-refractivity contribution in [2.75, 3.05) is 19.6 Å². The molecule has 0 saturated carbocycles. The minimum atomic E-state index is -1.48. The molecule has 0 aliphatic heterocycles. The van der Waals surface area contributed by atoms with Crippen molar-refractivity contribution < 1.29 is 118 Å². The number of hydrogen-bond donors (Lipinski definition) is 0. The van der Waals surface area contributed by atoms with Crippen LogP contribution in [0.2, 0.25) is 0 Å². The van der Waals surface area contributed by atoms with Gasteiger partial charge in [-0.1, -0.05) is 0 Å². The standard InChI is InChI=1S/C7H11NO6.3Na/c9-5(10)1-2-8(3-6(11)12)4-7(13)14;;;/h1-4H2,(H,9,10)(H,11,12)(H,13,14);;;/q;3*+1/p-3. The maximum atomic E-state index is 10.1. The van der Waals surface area contributed by atoms with Crippen LogP contribution in [0.25, 0.3) is 0 Å². The summed E-state index contributed by atoms with van der Waals surface area (Å²) in [6.07, 6.45) is -0.444. The smallest absolute Gasteiger partial charge is 0.550 e. The molecule has 0 aliphatic rings. The Kier molecular flexibility index (Phi) is 24.4. The van der Waals surface area contributed by atoms with Crippen LogP contribution in [-0.2, 0) is 14.4 Å². The van der Waals surface area contributed by atoms with Gasteiger partial charge in [-0.15, -0.1) is 0 Å². The minimum Gasteiger partial charge on any atom is -0.550 e. The first-order valence-electron chi connectivity index (χ1n) is 3.73. The molecule has 80 valence electrons. The molecule has 0 atom stereocenters. The first kappa shape index (κ1) is 26.8. The second-order valence-corrected chi connectivity index (χ2v) is 2.58. The van der Waals surface area contributed by atoms with E-state index in [0.717, 1.165) is 4.90 Å². The third-order valence-corrected chi connectivity index (χ3v) is 1.34. The Morgan fingerprint density at radius 1 is 0.765 bits per heavy atom. The van der Waals surface area contributed by atoms with E-state index < -0.39 is 37.4 Å². The van der Waals surface area contributed by atoms with E-state index in [1.54, 1.807) is 0 Å². The van der Waals surface area contributed by atoms with E-state index in [0.29, 0.717) is 0 Å². The summed E-state index contributed by atoms with van der Waals surface area (Å²) in [4.78, 5) is 31.1. The van der Waals surface area contributed by atoms with Crippen LogP contribution in [0.1, 0.15) is 6.42 Å². The predicted octanol–water partition coefficient (Wildman–Crippen LogP) is -14.1. The average Bonchev–Trinajstić information content (AvgIpc) is 1.97. The summed E-state index contributed by atoms with van der Waals surface area (Å²) in [6, 6.07) is 0. The summed E-state index contributed by atoms with van der Waals surface area (Å²) in [7, 11) is 0. The van der Waals surface area contributed by atoms with E-state index in [9.17, 15) is 29.7 Å². The summed E-state index contributed by atoms with van der Waals surface area (Å²) in [5.74, 6) is -4.35. The topological polar surface area (TPSA) is 124 Å². The van der Waals surface area contributed by atoms with Crippen LogP contribution in [0.5, 0.6) is 0 Å². The Labute approximate surface area is 165 Å². The van der Waals surface area contributed by atoms with Gasteiger partial charge in [-0.05, 0) is 6.42 Å². The largest absolute Gasteiger partial charge is 1.00 e. The summed E-state index contributed by atoms with van der Waals surface area (Å²) < 4.78 is 0. The predicted molar refractivity (Wildman–Crippen MR) is 36.1 cm³/mol. The third kappa shape index (κ3) is 19.9. The molecule has 0 fully saturated rings. The molecule has 17 heavy (non-hydrogen) atoms. The molecule has 10 heteroatoms. The zero-order valence-electron chi connectivity index (χ0n) is 10.2. The minimum absolute atomic E-state index is 0. The van der Waals surface area contributed by atoms with Gasteiger partial charge in [0.15, 0.2) is 0 Å². The molecule has 0 aromatic carbocycles. The molecule has 0 radical (unpaired) electrons. The molecule has 0 spiro atoms. The van der Waals surface area contributed by atoms with E-state index in [1.807, 2.05) is 0 Å². The number of carboxylic acid groups (broad SMARTS) is 3. The van der Waals surface area contributed by atoms with Crippen LogP contribution in [0.15, 0.2) is 0 Å². The molecule has 0 unspecified atom stereocenters. The van der Waals surface area contributed by atoms with Gasteiger partial charge in [0.1, 0.15) is 0 Å². The van der Waals surface area contributed by atoms with Crippen molar-refractivity contribution in [1.82, 2.24) is 4.90 Å². The van der Waals surface area contributed by atoms with Crippen molar-refractivity contribution >= 4 is 17.9 Å². The second-order valence-electron chi connectivity index (χ2n) is 2.58. The Morgan fingerprint density at radius 3 is 1.35 bits per heavy atom. The van der Waals surface area contributed by atoms with Gasteiger partial charge in [0.25, 0.3) is 0 Å². The van der Waals surface area contributed by atoms with Crippen molar-refractivity contribution in [3.63, 3.8) is 0 Å². The number of rotatable bonds is 7. The van der Waals surface area contributed by atoms with E-state index in [2.05, 4.69) is 0 Å². The Balaban J connectivity index is -0.000000282. The van der Waals surface area contributed by atoms with E-state index in [-0.39, 0.29) is 95.2 Å². The van der Waals surface area contributed by atoms with Crippen molar-refractivity contribution in [2.24, 2.45) is 0 Å². The molecule has 0 aromatic rings. The van der Waals surface area contributed by atoms with Crippen molar-refractivity contribution in [2.45, 2.75) is 6.42 Å². The second kappa shape index (κ2) is 15.4. The van der Waals surface area contributed by atoms with Gasteiger partial charge < -0.3 is 29.7 Å². The fourth-order valence-corrected chi connectivity index (χ4v) is 0.829. The third-order valence-electron chi connectivity index (χ3n) is 1.34. The van der Waals surface area contributed by atoms with Gasteiger partial charge in [-0.3, -0.25) is 4.90 Å². The number of aliphatic carboxylic acids is 3. The fraction of sp³-hybridized carbons (Fsp3) is 0.571. The van der Waals surface area contributed by atoms with Crippen LogP contribution < -0.4 is 104 Å². The zero-order valence-corrected chi connectivity index (χ0v) is 16.2. The SMILES string of the molecule is O=C([O-])CCN(CC(=O)[O-])CC(=O)[O-].[Na+].[Na+].[Na+]. The Hall–Kier alpha value is 1.37. The average molecular weight is 271 g/mol. The van der Waals surface area contributed by atoms with E-state index >= 15 is 0 Å². The van der Waals surface area contributed by atoms with E-state index in [4.69, 9.17) is 0 Å². The molecule has 0 amide bonds. The molecule has 0 saturated heterocycles. The molecule has 0 N–H and O–H groups in total. The summed E-state index contributed by atoms with van der Waals surface area (Å²) in [6.45, 7) is -1.53. The molecule has 0 heterocycles. The van der Waals surface area contributed by atoms with Crippen LogP contribution in [0, 0.1) is 0 Å². The number of carbonyl (C=O) groups is 3. The summed E-state index contributed by atoms with van der Waals surface area (Å²) in [5, 5.41) is 30.2. The molecule has 0 aromatic heterocycles. The molecular weight excluding hydrogens is 263 g/mol. The van der Waals surface area contributed by atoms with Crippen LogP contribution >= 0.6 is 0 Å². The quantitative estimate of drug-likeness (QED) is 0.421. The fourth-order valence-electron chi connectivity index (χ4n) is 0.829. The van der Waals surface area contributed by atoms with Crippen molar-refractivity contribution in [3.8, 4) is 0 Å². The van der Waals surface area contributed by atoms with Gasteiger partial charge in [-0.25, -0.2) is 0 Å². The molecule has 0 bridgehead atoms. The number of nitrogens with zero attached hydrogens (tertiary/aromatic N) is 1. The van der Waals surface area contributed by atoms with Gasteiger partial charge in [-0.2, -0.15) is 0 Å². The summed E-state index contributed by atoms with van der Waals surface area (Å²) >= 11 is 0. The zero-order chi connectivity index (χ0) is 11.1. The molecule has 7 nitrogen and oxygen atoms in total. The van der Waals surface area contributed by atoms with Gasteiger partial charge >= 0.3 is 88.7 Å². The normalized spacial score (nSPS) is 8.29. The van der Waals surface area contributed by atoms with Gasteiger partial charge in [0.05, 0.1) is 11.9 Å². The van der Waals surface area contributed by atoms with Crippen LogP contribution in [0.4, 0.5) is 0 Å². The first-order chi connectivity index (χ1) is 6.41. The van der Waals surface area contributed by atoms with Crippen LogP contribution in [-0.4, -0.2) is 42.4 Å². The molecule has 0 rings (SSSR count). The molecular formula is C7H8NNa3O6. The van der Waals surface area contributed by atoms with Crippen molar-refractivity contribution in [3.05, 3.63) is 0 Å². The Morgan fingerprint density at radius 2 is 1.12 bits per heavy atom. The van der Waals surface area contributed by atoms with Crippen LogP contribution in [0.3, 0.4) is 0 Å². The molecule has 0 aliphatic carbocycles. The number of carboxylic acids is 3. The van der Waals surface area contributed by atoms with Crippen molar-refractivity contribution in [1.29, 1.82) is 0 Å². The van der Waals surface area contributed by atoms with Gasteiger partial charge in [0, 0.05) is 25.6 Å². The summed E-state index contributed by atoms with van der Waals surface area (Å²) in [5.41, 5.74) is 0. The monoisotopic (exact) mass is 271 g/mol. The number of hydrogen-bond acceptors (Lipinski definition) is 7. The number of carbonyl (C=O) groups excluding carboxylic acids is 3. The van der Waals surface area contributed by atoms with E-state index in [1.165, 1.54) is 0 Å². The van der Waals surface area contributed by atoms with Gasteiger partial charge in [0.2, 0.25) is 0 Å². The Bertz CT molecular complexity index is 234.